The Bertz CT molecular complexity index is 483. The fraction of sp³-hybridized carbons (Fsp3) is 0.462. The molecule has 0 bridgehead atoms. The Kier molecular flexibility index (Phi) is 5.31. The molecule has 0 atom stereocenters. The molecule has 1 rings (SSSR count). The Balaban J connectivity index is 2.31. The van der Waals surface area contributed by atoms with E-state index in [0.29, 0.717) is 0 Å². The summed E-state index contributed by atoms with van der Waals surface area (Å²) in [6, 6.07) is 1.37. The highest BCUT2D eigenvalue weighted by Crippen LogP contribution is 2.19. The van der Waals surface area contributed by atoms with Crippen molar-refractivity contribution < 1.29 is 19.4 Å². The zero-order valence-corrected chi connectivity index (χ0v) is 11.8. The summed E-state index contributed by atoms with van der Waals surface area (Å²) in [5, 5.41) is 14.4. The minimum Gasteiger partial charge on any atom is -0.506 e. The number of nitrogens with one attached hydrogen (secondary N) is 2. The lowest BCUT2D eigenvalue weighted by atomic mass is 10.2. The number of aromatic hydroxyl groups is 1. The van der Waals surface area contributed by atoms with Gasteiger partial charge in [0.15, 0.2) is 0 Å². The summed E-state index contributed by atoms with van der Waals surface area (Å²) in [5.41, 5.74) is -0.344. The Morgan fingerprint density at radius 2 is 2.10 bits per heavy atom. The van der Waals surface area contributed by atoms with Crippen LogP contribution in [0.1, 0.15) is 27.2 Å². The molecule has 7 nitrogen and oxygen atoms in total. The van der Waals surface area contributed by atoms with Crippen LogP contribution in [0.5, 0.6) is 5.75 Å². The third-order valence-electron chi connectivity index (χ3n) is 2.09. The van der Waals surface area contributed by atoms with Crippen LogP contribution in [0.15, 0.2) is 18.5 Å². The highest BCUT2D eigenvalue weighted by atomic mass is 16.6. The Morgan fingerprint density at radius 1 is 1.40 bits per heavy atom. The maximum atomic E-state index is 11.6. The molecular weight excluding hydrogens is 262 g/mol. The van der Waals surface area contributed by atoms with Crippen LogP contribution in [-0.2, 0) is 9.53 Å². The van der Waals surface area contributed by atoms with Gasteiger partial charge in [0, 0.05) is 25.2 Å². The average molecular weight is 281 g/mol. The molecule has 0 radical (unpaired) electrons. The minimum atomic E-state index is -0.576. The van der Waals surface area contributed by atoms with Crippen molar-refractivity contribution >= 4 is 17.7 Å². The number of ether oxygens (including phenoxy) is 1. The molecule has 0 spiro atoms. The fourth-order valence-electron chi connectivity index (χ4n) is 1.29. The van der Waals surface area contributed by atoms with E-state index >= 15 is 0 Å². The molecule has 0 unspecified atom stereocenters. The topological polar surface area (TPSA) is 101 Å². The van der Waals surface area contributed by atoms with Crippen LogP contribution >= 0.6 is 0 Å². The van der Waals surface area contributed by atoms with Crippen molar-refractivity contribution in [2.45, 2.75) is 32.8 Å². The van der Waals surface area contributed by atoms with Crippen molar-refractivity contribution in [2.75, 3.05) is 11.9 Å². The van der Waals surface area contributed by atoms with Gasteiger partial charge in [-0.15, -0.1) is 0 Å². The zero-order chi connectivity index (χ0) is 15.2. The number of amides is 2. The van der Waals surface area contributed by atoms with Crippen LogP contribution in [-0.4, -0.2) is 34.2 Å². The van der Waals surface area contributed by atoms with Gasteiger partial charge in [0.2, 0.25) is 5.91 Å². The number of hydrogen-bond donors (Lipinski definition) is 3. The van der Waals surface area contributed by atoms with Crippen LogP contribution in [0.3, 0.4) is 0 Å². The predicted molar refractivity (Wildman–Crippen MR) is 73.4 cm³/mol. The van der Waals surface area contributed by atoms with Gasteiger partial charge in [0.25, 0.3) is 0 Å². The van der Waals surface area contributed by atoms with Crippen LogP contribution in [0.25, 0.3) is 0 Å². The third kappa shape index (κ3) is 6.03. The number of alkyl carbamates (subject to hydrolysis) is 1. The molecule has 0 saturated carbocycles. The third-order valence-corrected chi connectivity index (χ3v) is 2.09. The first-order valence-corrected chi connectivity index (χ1v) is 6.17. The molecule has 3 N–H and O–H groups in total. The molecule has 2 amide bonds. The zero-order valence-electron chi connectivity index (χ0n) is 11.8. The second-order valence-corrected chi connectivity index (χ2v) is 5.12. The van der Waals surface area contributed by atoms with E-state index in [-0.39, 0.29) is 30.3 Å². The maximum Gasteiger partial charge on any atom is 0.407 e. The van der Waals surface area contributed by atoms with E-state index in [4.69, 9.17) is 4.74 Å². The minimum absolute atomic E-state index is 0.0616. The Morgan fingerprint density at radius 3 is 2.70 bits per heavy atom. The molecule has 110 valence electrons. The number of aromatic nitrogens is 1. The van der Waals surface area contributed by atoms with Crippen molar-refractivity contribution in [3.63, 3.8) is 0 Å². The van der Waals surface area contributed by atoms with Gasteiger partial charge >= 0.3 is 6.09 Å². The van der Waals surface area contributed by atoms with Gasteiger partial charge in [-0.1, -0.05) is 0 Å². The number of nitrogens with zero attached hydrogens (tertiary/aromatic N) is 1. The quantitative estimate of drug-likeness (QED) is 0.779. The first-order valence-electron chi connectivity index (χ1n) is 6.17. The highest BCUT2D eigenvalue weighted by molar-refractivity contribution is 5.92. The van der Waals surface area contributed by atoms with Crippen LogP contribution < -0.4 is 10.6 Å². The van der Waals surface area contributed by atoms with Gasteiger partial charge in [-0.3, -0.25) is 9.78 Å². The van der Waals surface area contributed by atoms with Crippen molar-refractivity contribution in [2.24, 2.45) is 0 Å². The maximum absolute atomic E-state index is 11.6. The molecular formula is C13H19N3O4. The number of rotatable bonds is 4. The number of hydrogen-bond acceptors (Lipinski definition) is 5. The molecule has 0 aliphatic heterocycles. The molecule has 0 aromatic carbocycles. The summed E-state index contributed by atoms with van der Waals surface area (Å²) >= 11 is 0. The van der Waals surface area contributed by atoms with Crippen LogP contribution in [0.2, 0.25) is 0 Å². The second kappa shape index (κ2) is 6.74. The second-order valence-electron chi connectivity index (χ2n) is 5.12. The van der Waals surface area contributed by atoms with Gasteiger partial charge in [0.1, 0.15) is 17.0 Å². The van der Waals surface area contributed by atoms with E-state index in [1.165, 1.54) is 18.5 Å². The normalized spacial score (nSPS) is 10.8. The number of carbonyl (C=O) groups is 2. The smallest absolute Gasteiger partial charge is 0.407 e. The standard InChI is InChI=1S/C13H19N3O4/c1-13(2,3)20-12(19)15-7-5-11(18)16-9-8-14-6-4-10(9)17/h4,6,8H,5,7H2,1-3H3,(H,14,17)(H,15,19)(H,16,18). The molecule has 0 aliphatic rings. The summed E-state index contributed by atoms with van der Waals surface area (Å²) in [7, 11) is 0. The van der Waals surface area contributed by atoms with Gasteiger partial charge in [-0.25, -0.2) is 4.79 Å². The first-order chi connectivity index (χ1) is 9.28. The molecule has 1 heterocycles. The number of anilines is 1. The summed E-state index contributed by atoms with van der Waals surface area (Å²) in [6.45, 7) is 5.40. The molecule has 1 aromatic heterocycles. The molecule has 7 heteroatoms. The van der Waals surface area contributed by atoms with E-state index in [0.717, 1.165) is 0 Å². The van der Waals surface area contributed by atoms with Crippen molar-refractivity contribution in [1.29, 1.82) is 0 Å². The predicted octanol–water partition coefficient (Wildman–Crippen LogP) is 1.64. The lowest BCUT2D eigenvalue weighted by Gasteiger charge is -2.19. The molecule has 0 saturated heterocycles. The van der Waals surface area contributed by atoms with Crippen LogP contribution in [0, 0.1) is 0 Å². The van der Waals surface area contributed by atoms with E-state index < -0.39 is 11.7 Å². The number of carbonyl (C=O) groups excluding carboxylic acids is 2. The largest absolute Gasteiger partial charge is 0.506 e. The van der Waals surface area contributed by atoms with Crippen molar-refractivity contribution in [3.8, 4) is 5.75 Å². The van der Waals surface area contributed by atoms with Gasteiger partial charge in [-0.05, 0) is 20.8 Å². The van der Waals surface area contributed by atoms with Crippen LogP contribution in [0.4, 0.5) is 10.5 Å². The number of pyridine rings is 1. The molecule has 1 aromatic rings. The van der Waals surface area contributed by atoms with E-state index in [1.807, 2.05) is 0 Å². The summed E-state index contributed by atoms with van der Waals surface area (Å²) in [4.78, 5) is 26.7. The molecule has 20 heavy (non-hydrogen) atoms. The SMILES string of the molecule is CC(C)(C)OC(=O)NCCC(=O)Nc1cnccc1O. The van der Waals surface area contributed by atoms with Gasteiger partial charge < -0.3 is 20.5 Å². The fourth-order valence-corrected chi connectivity index (χ4v) is 1.29. The van der Waals surface area contributed by atoms with Crippen molar-refractivity contribution in [3.05, 3.63) is 18.5 Å². The first kappa shape index (κ1) is 15.7. The monoisotopic (exact) mass is 281 g/mol. The summed E-state index contributed by atoms with van der Waals surface area (Å²) in [5.74, 6) is -0.405. The lowest BCUT2D eigenvalue weighted by Crippen LogP contribution is -2.34. The van der Waals surface area contributed by atoms with E-state index in [2.05, 4.69) is 15.6 Å². The summed E-state index contributed by atoms with van der Waals surface area (Å²) in [6.07, 6.45) is 2.24. The Labute approximate surface area is 117 Å². The van der Waals surface area contributed by atoms with E-state index in [9.17, 15) is 14.7 Å². The average Bonchev–Trinajstić information content (AvgIpc) is 2.29. The lowest BCUT2D eigenvalue weighted by molar-refractivity contribution is -0.116. The van der Waals surface area contributed by atoms with Gasteiger partial charge in [0.05, 0.1) is 6.20 Å². The highest BCUT2D eigenvalue weighted by Gasteiger charge is 2.16. The van der Waals surface area contributed by atoms with Gasteiger partial charge in [-0.2, -0.15) is 0 Å². The molecule has 0 aliphatic carbocycles. The Hall–Kier alpha value is -2.31. The molecule has 0 fully saturated rings. The van der Waals surface area contributed by atoms with E-state index in [1.54, 1.807) is 20.8 Å². The van der Waals surface area contributed by atoms with Crippen molar-refractivity contribution in [1.82, 2.24) is 10.3 Å². The summed E-state index contributed by atoms with van der Waals surface area (Å²) < 4.78 is 5.03.